The Bertz CT molecular complexity index is 1290. The molecule has 2 aliphatic rings. The number of anilines is 4. The summed E-state index contributed by atoms with van der Waals surface area (Å²) in [5, 5.41) is 5.67. The molecule has 4 heterocycles. The first kappa shape index (κ1) is 23.7. The van der Waals surface area contributed by atoms with Crippen LogP contribution in [0.25, 0.3) is 0 Å². The van der Waals surface area contributed by atoms with Crippen LogP contribution in [-0.4, -0.2) is 65.4 Å². The van der Waals surface area contributed by atoms with Crippen LogP contribution < -0.4 is 21.3 Å². The van der Waals surface area contributed by atoms with E-state index in [2.05, 4.69) is 25.5 Å². The van der Waals surface area contributed by atoms with Crippen LogP contribution in [0.3, 0.4) is 0 Å². The van der Waals surface area contributed by atoms with E-state index in [1.54, 1.807) is 30.3 Å². The fourth-order valence-corrected chi connectivity index (χ4v) is 5.04. The highest BCUT2D eigenvalue weighted by molar-refractivity contribution is 7.13. The number of fused-ring (bicyclic) bond motifs is 1. The van der Waals surface area contributed by atoms with Crippen LogP contribution in [-0.2, 0) is 27.3 Å². The molecule has 0 unspecified atom stereocenters. The number of nitrogens with zero attached hydrogens (tertiary/aromatic N) is 4. The van der Waals surface area contributed by atoms with Crippen molar-refractivity contribution in [1.82, 2.24) is 14.9 Å². The number of carbonyl (C=O) groups is 3. The monoisotopic (exact) mass is 507 g/mol. The van der Waals surface area contributed by atoms with Crippen molar-refractivity contribution < 1.29 is 19.1 Å². The number of amides is 3. The number of nitrogens with two attached hydrogens (primary N) is 1. The average Bonchev–Trinajstić information content (AvgIpc) is 3.34. The molecule has 1 fully saturated rings. The number of benzene rings is 1. The van der Waals surface area contributed by atoms with Crippen LogP contribution in [0.5, 0.6) is 0 Å². The van der Waals surface area contributed by atoms with Gasteiger partial charge in [0.15, 0.2) is 5.01 Å². The number of aromatic nitrogens is 2. The van der Waals surface area contributed by atoms with Gasteiger partial charge in [-0.3, -0.25) is 14.4 Å². The first-order valence-corrected chi connectivity index (χ1v) is 12.3. The van der Waals surface area contributed by atoms with Crippen LogP contribution >= 0.6 is 11.3 Å². The Balaban J connectivity index is 1.19. The third kappa shape index (κ3) is 5.14. The molecular formula is C24H25N7O4S. The highest BCUT2D eigenvalue weighted by atomic mass is 32.1. The molecule has 186 valence electrons. The molecule has 0 aliphatic carbocycles. The van der Waals surface area contributed by atoms with E-state index in [1.165, 1.54) is 22.4 Å². The number of hydrogen-bond donors (Lipinski definition) is 3. The van der Waals surface area contributed by atoms with Gasteiger partial charge in [-0.15, -0.1) is 11.3 Å². The van der Waals surface area contributed by atoms with Gasteiger partial charge in [0.1, 0.15) is 5.82 Å². The normalized spacial score (nSPS) is 15.2. The van der Waals surface area contributed by atoms with Crippen molar-refractivity contribution in [3.63, 3.8) is 0 Å². The van der Waals surface area contributed by atoms with E-state index >= 15 is 0 Å². The van der Waals surface area contributed by atoms with E-state index in [9.17, 15) is 14.4 Å². The highest BCUT2D eigenvalue weighted by Gasteiger charge is 2.29. The highest BCUT2D eigenvalue weighted by Crippen LogP contribution is 2.27. The molecule has 36 heavy (non-hydrogen) atoms. The minimum atomic E-state index is -0.735. The van der Waals surface area contributed by atoms with Gasteiger partial charge in [-0.1, -0.05) is 12.1 Å². The van der Waals surface area contributed by atoms with Crippen molar-refractivity contribution >= 4 is 51.9 Å². The van der Waals surface area contributed by atoms with Crippen molar-refractivity contribution in [2.24, 2.45) is 0 Å². The van der Waals surface area contributed by atoms with Crippen molar-refractivity contribution in [2.75, 3.05) is 54.1 Å². The SMILES string of the molecule is Nc1ccccc1NC(=O)c1nc2c(s1)CN(C(=O)C(=O)Nc1ccc(N3CCOCC3)nc1)CC2. The van der Waals surface area contributed by atoms with Gasteiger partial charge in [0.2, 0.25) is 0 Å². The summed E-state index contributed by atoms with van der Waals surface area (Å²) in [5.74, 6) is -0.946. The second-order valence-electron chi connectivity index (χ2n) is 8.37. The third-order valence-corrected chi connectivity index (χ3v) is 7.04. The number of ether oxygens (including phenoxy) is 1. The summed E-state index contributed by atoms with van der Waals surface area (Å²) < 4.78 is 5.35. The Kier molecular flexibility index (Phi) is 6.78. The van der Waals surface area contributed by atoms with Crippen LogP contribution in [0.1, 0.15) is 20.4 Å². The summed E-state index contributed by atoms with van der Waals surface area (Å²) in [7, 11) is 0. The van der Waals surface area contributed by atoms with Gasteiger partial charge in [0, 0.05) is 30.9 Å². The lowest BCUT2D eigenvalue weighted by Gasteiger charge is -2.27. The number of morpholine rings is 1. The maximum Gasteiger partial charge on any atom is 0.313 e. The molecule has 4 N–H and O–H groups in total. The summed E-state index contributed by atoms with van der Waals surface area (Å²) >= 11 is 1.21. The zero-order valence-corrected chi connectivity index (χ0v) is 20.2. The standard InChI is InChI=1S/C24H25N7O4S/c25-16-3-1-2-4-17(16)28-21(32)23-29-18-7-8-31(14-19(18)36-23)24(34)22(33)27-15-5-6-20(26-13-15)30-9-11-35-12-10-30/h1-6,13H,7-12,14,25H2,(H,27,33)(H,28,32). The zero-order chi connectivity index (χ0) is 25.1. The molecule has 2 aromatic heterocycles. The van der Waals surface area contributed by atoms with E-state index in [4.69, 9.17) is 10.5 Å². The van der Waals surface area contributed by atoms with Crippen LogP contribution in [0.2, 0.25) is 0 Å². The van der Waals surface area contributed by atoms with Gasteiger partial charge in [-0.25, -0.2) is 9.97 Å². The quantitative estimate of drug-likeness (QED) is 0.358. The van der Waals surface area contributed by atoms with E-state index < -0.39 is 11.8 Å². The minimum Gasteiger partial charge on any atom is -0.397 e. The number of para-hydroxylation sites is 2. The Morgan fingerprint density at radius 1 is 1.03 bits per heavy atom. The third-order valence-electron chi connectivity index (χ3n) is 5.96. The lowest BCUT2D eigenvalue weighted by molar-refractivity contribution is -0.143. The fraction of sp³-hybridized carbons (Fsp3) is 0.292. The molecular weight excluding hydrogens is 482 g/mol. The maximum absolute atomic E-state index is 12.8. The minimum absolute atomic E-state index is 0.216. The summed E-state index contributed by atoms with van der Waals surface area (Å²) in [6.45, 7) is 3.38. The molecule has 2 aliphatic heterocycles. The molecule has 1 aromatic carbocycles. The fourth-order valence-electron chi connectivity index (χ4n) is 4.02. The Labute approximate surface area is 211 Å². The van der Waals surface area contributed by atoms with Crippen molar-refractivity contribution in [3.05, 3.63) is 58.2 Å². The number of carbonyl (C=O) groups excluding carboxylic acids is 3. The number of nitrogen functional groups attached to an aromatic ring is 1. The number of nitrogens with one attached hydrogen (secondary N) is 2. The summed E-state index contributed by atoms with van der Waals surface area (Å²) in [6.07, 6.45) is 2.00. The van der Waals surface area contributed by atoms with Crippen LogP contribution in [0.4, 0.5) is 22.9 Å². The molecule has 0 atom stereocenters. The van der Waals surface area contributed by atoms with Crippen LogP contribution in [0.15, 0.2) is 42.6 Å². The van der Waals surface area contributed by atoms with Crippen molar-refractivity contribution in [2.45, 2.75) is 13.0 Å². The summed E-state index contributed by atoms with van der Waals surface area (Å²) in [6, 6.07) is 10.5. The number of pyridine rings is 1. The Hall–Kier alpha value is -4.03. The Morgan fingerprint density at radius 2 is 1.83 bits per heavy atom. The lowest BCUT2D eigenvalue weighted by atomic mass is 10.2. The summed E-state index contributed by atoms with van der Waals surface area (Å²) in [4.78, 5) is 51.3. The molecule has 1 saturated heterocycles. The molecule has 12 heteroatoms. The summed E-state index contributed by atoms with van der Waals surface area (Å²) in [5.41, 5.74) is 8.07. The van der Waals surface area contributed by atoms with E-state index in [0.717, 1.165) is 29.5 Å². The molecule has 5 rings (SSSR count). The molecule has 0 spiro atoms. The second-order valence-corrected chi connectivity index (χ2v) is 9.45. The molecule has 0 radical (unpaired) electrons. The van der Waals surface area contributed by atoms with E-state index in [1.807, 2.05) is 6.07 Å². The van der Waals surface area contributed by atoms with Gasteiger partial charge in [-0.2, -0.15) is 0 Å². The molecule has 0 bridgehead atoms. The van der Waals surface area contributed by atoms with E-state index in [-0.39, 0.29) is 17.5 Å². The van der Waals surface area contributed by atoms with E-state index in [0.29, 0.717) is 43.2 Å². The van der Waals surface area contributed by atoms with Crippen LogP contribution in [0, 0.1) is 0 Å². The molecule has 3 amide bonds. The number of thiazole rings is 1. The van der Waals surface area contributed by atoms with Gasteiger partial charge in [0.25, 0.3) is 5.91 Å². The van der Waals surface area contributed by atoms with Gasteiger partial charge >= 0.3 is 11.8 Å². The Morgan fingerprint density at radius 3 is 2.58 bits per heavy atom. The first-order valence-electron chi connectivity index (χ1n) is 11.5. The average molecular weight is 508 g/mol. The molecule has 0 saturated carbocycles. The number of rotatable bonds is 4. The smallest absolute Gasteiger partial charge is 0.313 e. The predicted molar refractivity (Wildman–Crippen MR) is 136 cm³/mol. The topological polar surface area (TPSA) is 143 Å². The lowest BCUT2D eigenvalue weighted by Crippen LogP contribution is -2.42. The van der Waals surface area contributed by atoms with Crippen molar-refractivity contribution in [3.8, 4) is 0 Å². The first-order chi connectivity index (χ1) is 17.5. The second kappa shape index (κ2) is 10.3. The number of hydrogen-bond acceptors (Lipinski definition) is 9. The largest absolute Gasteiger partial charge is 0.397 e. The predicted octanol–water partition coefficient (Wildman–Crippen LogP) is 1.73. The maximum atomic E-state index is 12.8. The van der Waals surface area contributed by atoms with Gasteiger partial charge < -0.3 is 30.9 Å². The zero-order valence-electron chi connectivity index (χ0n) is 19.4. The van der Waals surface area contributed by atoms with Gasteiger partial charge in [0.05, 0.1) is 48.7 Å². The van der Waals surface area contributed by atoms with Crippen molar-refractivity contribution in [1.29, 1.82) is 0 Å². The molecule has 3 aromatic rings. The molecule has 11 nitrogen and oxygen atoms in total. The van der Waals surface area contributed by atoms with Gasteiger partial charge in [-0.05, 0) is 24.3 Å².